The van der Waals surface area contributed by atoms with Crippen LogP contribution in [-0.2, 0) is 0 Å². The zero-order chi connectivity index (χ0) is 7.07. The SMILES string of the molecule is [CH]1/C=C/C=C\C=C/C=C/C1. The molecule has 0 spiro atoms. The lowest BCUT2D eigenvalue weighted by Gasteiger charge is -1.84. The van der Waals surface area contributed by atoms with Crippen LogP contribution in [0.15, 0.2) is 48.6 Å². The average molecular weight is 131 g/mol. The van der Waals surface area contributed by atoms with E-state index in [1.54, 1.807) is 0 Å². The van der Waals surface area contributed by atoms with Crippen molar-refractivity contribution in [2.24, 2.45) is 0 Å². The summed E-state index contributed by atoms with van der Waals surface area (Å²) < 4.78 is 0. The van der Waals surface area contributed by atoms with Crippen molar-refractivity contribution in [2.45, 2.75) is 6.42 Å². The molecule has 0 heterocycles. The van der Waals surface area contributed by atoms with Crippen LogP contribution in [0.25, 0.3) is 0 Å². The Bertz CT molecular complexity index is 158. The molecule has 0 atom stereocenters. The first-order valence-corrected chi connectivity index (χ1v) is 3.48. The summed E-state index contributed by atoms with van der Waals surface area (Å²) in [6, 6.07) is 0. The quantitative estimate of drug-likeness (QED) is 0.474. The summed E-state index contributed by atoms with van der Waals surface area (Å²) in [5, 5.41) is 0. The van der Waals surface area contributed by atoms with Gasteiger partial charge in [0.2, 0.25) is 0 Å². The lowest BCUT2D eigenvalue weighted by Crippen LogP contribution is -1.66. The maximum Gasteiger partial charge on any atom is -0.0130 e. The third-order valence-corrected chi connectivity index (χ3v) is 1.21. The van der Waals surface area contributed by atoms with E-state index < -0.39 is 0 Å². The van der Waals surface area contributed by atoms with Crippen molar-refractivity contribution in [1.29, 1.82) is 0 Å². The Morgan fingerprint density at radius 2 is 1.20 bits per heavy atom. The molecular weight excluding hydrogens is 120 g/mol. The Balaban J connectivity index is 2.53. The smallest absolute Gasteiger partial charge is 0.0130 e. The number of hydrogen-bond acceptors (Lipinski definition) is 0. The number of hydrogen-bond donors (Lipinski definition) is 0. The lowest BCUT2D eigenvalue weighted by molar-refractivity contribution is 1.29. The predicted molar refractivity (Wildman–Crippen MR) is 45.5 cm³/mol. The third kappa shape index (κ3) is 3.08. The first kappa shape index (κ1) is 7.07. The van der Waals surface area contributed by atoms with Crippen molar-refractivity contribution in [3.63, 3.8) is 0 Å². The van der Waals surface area contributed by atoms with Crippen LogP contribution in [0, 0.1) is 6.42 Å². The fourth-order valence-electron chi connectivity index (χ4n) is 0.714. The minimum absolute atomic E-state index is 1.02. The van der Waals surface area contributed by atoms with Crippen LogP contribution in [0.3, 0.4) is 0 Å². The van der Waals surface area contributed by atoms with E-state index >= 15 is 0 Å². The van der Waals surface area contributed by atoms with E-state index in [0.29, 0.717) is 0 Å². The van der Waals surface area contributed by atoms with Gasteiger partial charge in [0.1, 0.15) is 0 Å². The molecule has 0 saturated carbocycles. The molecule has 1 aliphatic carbocycles. The van der Waals surface area contributed by atoms with Gasteiger partial charge in [-0.3, -0.25) is 0 Å². The first-order chi connectivity index (χ1) is 5.00. The number of rotatable bonds is 0. The lowest BCUT2D eigenvalue weighted by atomic mass is 10.2. The van der Waals surface area contributed by atoms with Gasteiger partial charge in [-0.1, -0.05) is 48.6 Å². The van der Waals surface area contributed by atoms with Gasteiger partial charge in [-0.2, -0.15) is 0 Å². The first-order valence-electron chi connectivity index (χ1n) is 3.48. The molecule has 0 aromatic rings. The van der Waals surface area contributed by atoms with E-state index in [0.717, 1.165) is 6.42 Å². The van der Waals surface area contributed by atoms with Crippen molar-refractivity contribution in [2.75, 3.05) is 0 Å². The fraction of sp³-hybridized carbons (Fsp3) is 0.100. The van der Waals surface area contributed by atoms with E-state index in [2.05, 4.69) is 24.6 Å². The molecule has 0 unspecified atom stereocenters. The summed E-state index contributed by atoms with van der Waals surface area (Å²) >= 11 is 0. The zero-order valence-corrected chi connectivity index (χ0v) is 5.90. The highest BCUT2D eigenvalue weighted by atomic mass is 13.8. The molecule has 10 heavy (non-hydrogen) atoms. The van der Waals surface area contributed by atoms with Gasteiger partial charge in [-0.15, -0.1) is 0 Å². The average Bonchev–Trinajstić information content (AvgIpc) is 2.01. The monoisotopic (exact) mass is 131 g/mol. The van der Waals surface area contributed by atoms with Gasteiger partial charge >= 0.3 is 0 Å². The molecule has 0 nitrogen and oxygen atoms in total. The number of allylic oxidation sites excluding steroid dienone is 8. The summed E-state index contributed by atoms with van der Waals surface area (Å²) in [4.78, 5) is 0. The highest BCUT2D eigenvalue weighted by Gasteiger charge is 1.75. The van der Waals surface area contributed by atoms with Gasteiger partial charge in [0.05, 0.1) is 0 Å². The van der Waals surface area contributed by atoms with E-state index in [9.17, 15) is 0 Å². The minimum atomic E-state index is 1.02. The Morgan fingerprint density at radius 1 is 0.600 bits per heavy atom. The van der Waals surface area contributed by atoms with Gasteiger partial charge in [-0.25, -0.2) is 0 Å². The van der Waals surface area contributed by atoms with Crippen LogP contribution in [0.4, 0.5) is 0 Å². The summed E-state index contributed by atoms with van der Waals surface area (Å²) in [5.74, 6) is 0. The molecular formula is C10H11. The van der Waals surface area contributed by atoms with Crippen LogP contribution < -0.4 is 0 Å². The van der Waals surface area contributed by atoms with Crippen LogP contribution in [-0.4, -0.2) is 0 Å². The summed E-state index contributed by atoms with van der Waals surface area (Å²) in [7, 11) is 0. The Kier molecular flexibility index (Phi) is 3.40. The molecule has 1 rings (SSSR count). The zero-order valence-electron chi connectivity index (χ0n) is 5.90. The van der Waals surface area contributed by atoms with Crippen molar-refractivity contribution >= 4 is 0 Å². The van der Waals surface area contributed by atoms with Gasteiger partial charge < -0.3 is 0 Å². The normalized spacial score (nSPS) is 30.4. The van der Waals surface area contributed by atoms with Gasteiger partial charge in [0.15, 0.2) is 0 Å². The van der Waals surface area contributed by atoms with Crippen molar-refractivity contribution in [3.8, 4) is 0 Å². The summed E-state index contributed by atoms with van der Waals surface area (Å²) in [6.07, 6.45) is 19.5. The molecule has 0 fully saturated rings. The fourth-order valence-corrected chi connectivity index (χ4v) is 0.714. The standard InChI is InChI=1S/C10H11/c1-2-4-6-8-10-9-7-5-3-1/h1-9H,10H2/b2-1-,5-3-,6-4+,9-7+. The maximum atomic E-state index is 2.12. The largest absolute Gasteiger partial charge is 0.0839 e. The molecule has 0 aromatic carbocycles. The molecule has 1 aliphatic rings. The summed E-state index contributed by atoms with van der Waals surface area (Å²) in [6.45, 7) is 0. The van der Waals surface area contributed by atoms with Gasteiger partial charge in [-0.05, 0) is 12.8 Å². The van der Waals surface area contributed by atoms with E-state index in [1.165, 1.54) is 0 Å². The molecule has 0 N–H and O–H groups in total. The Hall–Kier alpha value is -1.04. The van der Waals surface area contributed by atoms with Crippen molar-refractivity contribution in [3.05, 3.63) is 55.0 Å². The molecule has 51 valence electrons. The van der Waals surface area contributed by atoms with Gasteiger partial charge in [0.25, 0.3) is 0 Å². The predicted octanol–water partition coefficient (Wildman–Crippen LogP) is 2.82. The van der Waals surface area contributed by atoms with Crippen LogP contribution >= 0.6 is 0 Å². The molecule has 1 radical (unpaired) electrons. The second-order valence-corrected chi connectivity index (χ2v) is 2.05. The molecule has 0 aromatic heterocycles. The minimum Gasteiger partial charge on any atom is -0.0839 e. The van der Waals surface area contributed by atoms with Crippen LogP contribution in [0.2, 0.25) is 0 Å². The van der Waals surface area contributed by atoms with Crippen LogP contribution in [0.1, 0.15) is 6.42 Å². The highest BCUT2D eigenvalue weighted by molar-refractivity contribution is 5.19. The van der Waals surface area contributed by atoms with E-state index in [4.69, 9.17) is 0 Å². The topological polar surface area (TPSA) is 0 Å². The molecule has 0 amide bonds. The highest BCUT2D eigenvalue weighted by Crippen LogP contribution is 1.94. The second kappa shape index (κ2) is 4.80. The molecule has 0 bridgehead atoms. The van der Waals surface area contributed by atoms with Crippen molar-refractivity contribution in [1.82, 2.24) is 0 Å². The van der Waals surface area contributed by atoms with Crippen molar-refractivity contribution < 1.29 is 0 Å². The van der Waals surface area contributed by atoms with Gasteiger partial charge in [0, 0.05) is 0 Å². The molecule has 0 aliphatic heterocycles. The van der Waals surface area contributed by atoms with E-state index in [1.807, 2.05) is 30.4 Å². The summed E-state index contributed by atoms with van der Waals surface area (Å²) in [5.41, 5.74) is 0. The maximum absolute atomic E-state index is 2.12. The second-order valence-electron chi connectivity index (χ2n) is 2.05. The van der Waals surface area contributed by atoms with E-state index in [-0.39, 0.29) is 0 Å². The Morgan fingerprint density at radius 3 is 2.00 bits per heavy atom. The van der Waals surface area contributed by atoms with Crippen LogP contribution in [0.5, 0.6) is 0 Å². The third-order valence-electron chi connectivity index (χ3n) is 1.21. The Labute approximate surface area is 62.3 Å². The molecule has 0 heteroatoms. The molecule has 0 saturated heterocycles.